The molecule has 2 atom stereocenters. The topological polar surface area (TPSA) is 35.5 Å². The van der Waals surface area contributed by atoms with Crippen LogP contribution in [0.3, 0.4) is 0 Å². The quantitative estimate of drug-likeness (QED) is 0.612. The first-order valence-corrected chi connectivity index (χ1v) is 8.79. The smallest absolute Gasteiger partial charge is 0.0667 e. The molecule has 1 aliphatic rings. The van der Waals surface area contributed by atoms with Crippen molar-refractivity contribution in [1.29, 1.82) is 0 Å². The van der Waals surface area contributed by atoms with Gasteiger partial charge in [-0.25, -0.2) is 0 Å². The van der Waals surface area contributed by atoms with E-state index in [2.05, 4.69) is 31.0 Å². The van der Waals surface area contributed by atoms with Crippen molar-refractivity contribution < 1.29 is 5.11 Å². The Bertz CT molecular complexity index is 225. The zero-order valence-corrected chi connectivity index (χ0v) is 13.9. The summed E-state index contributed by atoms with van der Waals surface area (Å²) in [4.78, 5) is 2.47. The maximum Gasteiger partial charge on any atom is 0.0667 e. The zero-order chi connectivity index (χ0) is 14.8. The van der Waals surface area contributed by atoms with Gasteiger partial charge in [0, 0.05) is 12.6 Å². The summed E-state index contributed by atoms with van der Waals surface area (Å²) in [6, 6.07) is 0.517. The minimum atomic E-state index is -0.150. The van der Waals surface area contributed by atoms with Gasteiger partial charge in [-0.3, -0.25) is 0 Å². The molecule has 1 fully saturated rings. The molecule has 0 aliphatic heterocycles. The molecule has 1 rings (SSSR count). The van der Waals surface area contributed by atoms with Crippen LogP contribution in [0.2, 0.25) is 0 Å². The summed E-state index contributed by atoms with van der Waals surface area (Å²) in [5, 5.41) is 13.6. The predicted molar refractivity (Wildman–Crippen MR) is 87.1 cm³/mol. The van der Waals surface area contributed by atoms with Crippen LogP contribution in [-0.4, -0.2) is 48.3 Å². The lowest BCUT2D eigenvalue weighted by molar-refractivity contribution is 0.137. The first-order valence-electron chi connectivity index (χ1n) is 8.79. The highest BCUT2D eigenvalue weighted by atomic mass is 16.3. The number of nitrogens with one attached hydrogen (secondary N) is 1. The van der Waals surface area contributed by atoms with E-state index < -0.39 is 0 Å². The monoisotopic (exact) mass is 284 g/mol. The van der Waals surface area contributed by atoms with E-state index in [1.165, 1.54) is 45.1 Å². The Balaban J connectivity index is 2.02. The molecule has 0 amide bonds. The van der Waals surface area contributed by atoms with E-state index in [-0.39, 0.29) is 6.10 Å². The van der Waals surface area contributed by atoms with Gasteiger partial charge in [0.15, 0.2) is 0 Å². The van der Waals surface area contributed by atoms with Crippen LogP contribution in [0.5, 0.6) is 0 Å². The molecule has 0 radical (unpaired) electrons. The summed E-state index contributed by atoms with van der Waals surface area (Å²) in [5.74, 6) is 0.782. The average molecular weight is 284 g/mol. The predicted octanol–water partition coefficient (Wildman–Crippen LogP) is 3.03. The van der Waals surface area contributed by atoms with E-state index in [9.17, 15) is 5.11 Å². The highest BCUT2D eigenvalue weighted by Crippen LogP contribution is 2.28. The fraction of sp³-hybridized carbons (Fsp3) is 1.00. The summed E-state index contributed by atoms with van der Waals surface area (Å²) in [5.41, 5.74) is 0. The van der Waals surface area contributed by atoms with Crippen molar-refractivity contribution >= 4 is 0 Å². The molecule has 1 saturated carbocycles. The molecule has 0 spiro atoms. The molecule has 0 aromatic rings. The van der Waals surface area contributed by atoms with E-state index >= 15 is 0 Å². The van der Waals surface area contributed by atoms with Crippen molar-refractivity contribution in [3.05, 3.63) is 0 Å². The molecular formula is C17H36N2O. The van der Waals surface area contributed by atoms with E-state index in [0.29, 0.717) is 6.04 Å². The molecule has 0 aromatic carbocycles. The van der Waals surface area contributed by atoms with Crippen molar-refractivity contribution in [2.45, 2.75) is 77.9 Å². The molecule has 0 saturated heterocycles. The maximum absolute atomic E-state index is 10.1. The molecule has 20 heavy (non-hydrogen) atoms. The highest BCUT2D eigenvalue weighted by Gasteiger charge is 2.18. The van der Waals surface area contributed by atoms with Crippen LogP contribution < -0.4 is 5.32 Å². The van der Waals surface area contributed by atoms with Gasteiger partial charge >= 0.3 is 0 Å². The van der Waals surface area contributed by atoms with Crippen molar-refractivity contribution in [3.63, 3.8) is 0 Å². The van der Waals surface area contributed by atoms with Gasteiger partial charge in [0.2, 0.25) is 0 Å². The van der Waals surface area contributed by atoms with Crippen molar-refractivity contribution in [3.8, 4) is 0 Å². The fourth-order valence-corrected chi connectivity index (χ4v) is 3.31. The van der Waals surface area contributed by atoms with Crippen LogP contribution in [0.25, 0.3) is 0 Å². The Morgan fingerprint density at radius 3 is 2.45 bits per heavy atom. The van der Waals surface area contributed by atoms with Gasteiger partial charge in [-0.05, 0) is 51.7 Å². The van der Waals surface area contributed by atoms with E-state index in [0.717, 1.165) is 32.0 Å². The Labute approximate surface area is 126 Å². The second-order valence-corrected chi connectivity index (χ2v) is 6.52. The molecule has 3 nitrogen and oxygen atoms in total. The van der Waals surface area contributed by atoms with E-state index in [1.807, 2.05) is 0 Å². The number of hydrogen-bond donors (Lipinski definition) is 2. The third kappa shape index (κ3) is 7.61. The molecule has 2 N–H and O–H groups in total. The molecule has 1 aliphatic carbocycles. The Hall–Kier alpha value is -0.120. The van der Waals surface area contributed by atoms with Crippen molar-refractivity contribution in [2.24, 2.45) is 5.92 Å². The number of aliphatic hydroxyl groups excluding tert-OH is 1. The molecular weight excluding hydrogens is 248 g/mol. The summed E-state index contributed by atoms with van der Waals surface area (Å²) >= 11 is 0. The van der Waals surface area contributed by atoms with Gasteiger partial charge in [-0.1, -0.05) is 39.5 Å². The zero-order valence-electron chi connectivity index (χ0n) is 13.9. The molecule has 0 heterocycles. The number of nitrogens with zero attached hydrogens (tertiary/aromatic N) is 1. The average Bonchev–Trinajstić information content (AvgIpc) is 2.94. The Kier molecular flexibility index (Phi) is 9.49. The van der Waals surface area contributed by atoms with Crippen LogP contribution in [0.15, 0.2) is 0 Å². The second-order valence-electron chi connectivity index (χ2n) is 6.52. The van der Waals surface area contributed by atoms with E-state index in [1.54, 1.807) is 0 Å². The normalized spacial score (nSPS) is 19.6. The number of aliphatic hydroxyl groups is 1. The molecule has 0 bridgehead atoms. The second kappa shape index (κ2) is 10.6. The highest BCUT2D eigenvalue weighted by molar-refractivity contribution is 4.73. The Morgan fingerprint density at radius 2 is 1.85 bits per heavy atom. The third-order valence-corrected chi connectivity index (χ3v) is 4.79. The summed E-state index contributed by atoms with van der Waals surface area (Å²) in [6.07, 6.45) is 8.69. The number of hydrogen-bond acceptors (Lipinski definition) is 3. The minimum absolute atomic E-state index is 0.150. The van der Waals surface area contributed by atoms with Crippen LogP contribution in [0.1, 0.15) is 65.7 Å². The first kappa shape index (κ1) is 17.9. The molecule has 0 aromatic heterocycles. The lowest BCUT2D eigenvalue weighted by atomic mass is 10.00. The largest absolute Gasteiger partial charge is 0.392 e. The van der Waals surface area contributed by atoms with Crippen molar-refractivity contribution in [1.82, 2.24) is 10.2 Å². The molecule has 3 heteroatoms. The van der Waals surface area contributed by atoms with Gasteiger partial charge in [0.05, 0.1) is 6.10 Å². The van der Waals surface area contributed by atoms with E-state index in [4.69, 9.17) is 0 Å². The van der Waals surface area contributed by atoms with Crippen LogP contribution >= 0.6 is 0 Å². The van der Waals surface area contributed by atoms with Gasteiger partial charge in [0.1, 0.15) is 0 Å². The standard InChI is InChI=1S/C17H36N2O/c1-4-19(5-2)12-8-9-15(3)18-14-17(20)13-16-10-6-7-11-16/h15-18,20H,4-14H2,1-3H3. The van der Waals surface area contributed by atoms with Gasteiger partial charge in [-0.15, -0.1) is 0 Å². The van der Waals surface area contributed by atoms with Crippen LogP contribution in [0.4, 0.5) is 0 Å². The lowest BCUT2D eigenvalue weighted by Gasteiger charge is -2.21. The fourth-order valence-electron chi connectivity index (χ4n) is 3.31. The lowest BCUT2D eigenvalue weighted by Crippen LogP contribution is -2.35. The van der Waals surface area contributed by atoms with Gasteiger partial charge < -0.3 is 15.3 Å². The van der Waals surface area contributed by atoms with Crippen LogP contribution in [0, 0.1) is 5.92 Å². The number of rotatable bonds is 11. The molecule has 120 valence electrons. The summed E-state index contributed by atoms with van der Waals surface area (Å²) < 4.78 is 0. The minimum Gasteiger partial charge on any atom is -0.392 e. The third-order valence-electron chi connectivity index (χ3n) is 4.79. The van der Waals surface area contributed by atoms with Gasteiger partial charge in [-0.2, -0.15) is 0 Å². The Morgan fingerprint density at radius 1 is 1.20 bits per heavy atom. The van der Waals surface area contributed by atoms with Gasteiger partial charge in [0.25, 0.3) is 0 Å². The summed E-state index contributed by atoms with van der Waals surface area (Å²) in [6.45, 7) is 11.0. The molecule has 2 unspecified atom stereocenters. The maximum atomic E-state index is 10.1. The SMILES string of the molecule is CCN(CC)CCCC(C)NCC(O)CC1CCCC1. The first-order chi connectivity index (χ1) is 9.65. The van der Waals surface area contributed by atoms with Crippen LogP contribution in [-0.2, 0) is 0 Å². The summed E-state index contributed by atoms with van der Waals surface area (Å²) in [7, 11) is 0. The van der Waals surface area contributed by atoms with Crippen molar-refractivity contribution in [2.75, 3.05) is 26.2 Å².